The molecule has 6 aromatic carbocycles. The molecule has 0 unspecified atom stereocenters. The molecule has 0 amide bonds. The SMILES string of the molecule is [C-]#[N+]c1c(-n2c3ccccc3c3ccc(C(F)(F)F)cc32)ccc(-c2c(C)cccc2C(F)(F)F)c1-n1c2ccccc2c2ccc(C)cc21. The number of aryl methyl sites for hydroxylation is 2. The van der Waals surface area contributed by atoms with Crippen molar-refractivity contribution in [1.29, 1.82) is 0 Å². The number of aromatic nitrogens is 2. The first-order valence-electron chi connectivity index (χ1n) is 15.7. The smallest absolute Gasteiger partial charge is 0.319 e. The van der Waals surface area contributed by atoms with Crippen molar-refractivity contribution in [3.05, 3.63) is 149 Å². The van der Waals surface area contributed by atoms with E-state index in [1.807, 2.05) is 54.0 Å². The van der Waals surface area contributed by atoms with Gasteiger partial charge in [-0.25, -0.2) is 4.85 Å². The lowest BCUT2D eigenvalue weighted by Crippen LogP contribution is -2.10. The second kappa shape index (κ2) is 11.0. The zero-order valence-electron chi connectivity index (χ0n) is 26.6. The lowest BCUT2D eigenvalue weighted by atomic mass is 9.92. The third-order valence-electron chi connectivity index (χ3n) is 9.38. The number of alkyl halides is 6. The molecular weight excluding hydrogens is 648 g/mol. The van der Waals surface area contributed by atoms with E-state index in [-0.39, 0.29) is 33.7 Å². The van der Waals surface area contributed by atoms with E-state index in [2.05, 4.69) is 4.85 Å². The lowest BCUT2D eigenvalue weighted by molar-refractivity contribution is -0.138. The van der Waals surface area contributed by atoms with Crippen LogP contribution < -0.4 is 0 Å². The van der Waals surface area contributed by atoms with Gasteiger partial charge >= 0.3 is 12.4 Å². The first kappa shape index (κ1) is 31.3. The van der Waals surface area contributed by atoms with Gasteiger partial charge in [0, 0.05) is 21.5 Å². The van der Waals surface area contributed by atoms with E-state index in [4.69, 9.17) is 6.57 Å². The van der Waals surface area contributed by atoms with Gasteiger partial charge in [0.15, 0.2) is 0 Å². The molecule has 0 aliphatic heterocycles. The van der Waals surface area contributed by atoms with Gasteiger partial charge in [-0.15, -0.1) is 0 Å². The van der Waals surface area contributed by atoms with Crippen LogP contribution in [-0.2, 0) is 12.4 Å². The molecule has 0 atom stereocenters. The molecule has 50 heavy (non-hydrogen) atoms. The molecule has 0 fully saturated rings. The normalized spacial score (nSPS) is 12.4. The van der Waals surface area contributed by atoms with E-state index < -0.39 is 23.5 Å². The lowest BCUT2D eigenvalue weighted by Gasteiger charge is -2.23. The van der Waals surface area contributed by atoms with E-state index >= 15 is 0 Å². The predicted octanol–water partition coefficient (Wildman–Crippen LogP) is 12.8. The van der Waals surface area contributed by atoms with Crippen molar-refractivity contribution >= 4 is 49.3 Å². The minimum absolute atomic E-state index is 0.0110. The first-order chi connectivity index (χ1) is 23.9. The van der Waals surface area contributed by atoms with Crippen LogP contribution in [0.4, 0.5) is 32.0 Å². The fraction of sp³-hybridized carbons (Fsp3) is 0.0976. The maximum Gasteiger partial charge on any atom is 0.417 e. The van der Waals surface area contributed by atoms with Crippen LogP contribution in [0.1, 0.15) is 22.3 Å². The topological polar surface area (TPSA) is 14.2 Å². The van der Waals surface area contributed by atoms with Crippen LogP contribution in [0.3, 0.4) is 0 Å². The zero-order valence-corrected chi connectivity index (χ0v) is 26.6. The van der Waals surface area contributed by atoms with Crippen molar-refractivity contribution in [1.82, 2.24) is 9.13 Å². The van der Waals surface area contributed by atoms with Gasteiger partial charge in [-0.1, -0.05) is 72.8 Å². The molecule has 0 aliphatic rings. The zero-order chi connectivity index (χ0) is 35.1. The summed E-state index contributed by atoms with van der Waals surface area (Å²) in [6.45, 7) is 12.1. The van der Waals surface area contributed by atoms with Gasteiger partial charge in [0.05, 0.1) is 51.1 Å². The standard InChI is InChI=1S/C41H25F6N3/c1-23-15-17-28-27-11-5-7-14-33(27)50(35(28)21-23)39-30(37-24(2)9-8-12-31(37)41(45,46)47)19-20-34(38(39)48-3)49-32-13-6-4-10-26(32)29-18-16-25(22-36(29)49)40(42,43)44/h4-22H,1-2H3. The van der Waals surface area contributed by atoms with Crippen molar-refractivity contribution in [3.63, 3.8) is 0 Å². The minimum atomic E-state index is -4.71. The van der Waals surface area contributed by atoms with Gasteiger partial charge in [0.25, 0.3) is 0 Å². The fourth-order valence-corrected chi connectivity index (χ4v) is 7.28. The third-order valence-corrected chi connectivity index (χ3v) is 9.38. The Morgan fingerprint density at radius 2 is 1.16 bits per heavy atom. The Hall–Kier alpha value is -6.01. The monoisotopic (exact) mass is 673 g/mol. The molecule has 9 heteroatoms. The number of para-hydroxylation sites is 2. The van der Waals surface area contributed by atoms with Gasteiger partial charge in [-0.05, 0) is 78.6 Å². The number of halogens is 6. The largest absolute Gasteiger partial charge is 0.417 e. The summed E-state index contributed by atoms with van der Waals surface area (Å²) >= 11 is 0. The number of nitrogens with zero attached hydrogens (tertiary/aromatic N) is 3. The second-order valence-electron chi connectivity index (χ2n) is 12.4. The maximum atomic E-state index is 14.8. The van der Waals surface area contributed by atoms with Crippen molar-refractivity contribution < 1.29 is 26.3 Å². The number of hydrogen-bond acceptors (Lipinski definition) is 0. The van der Waals surface area contributed by atoms with Crippen molar-refractivity contribution in [2.75, 3.05) is 0 Å². The molecule has 0 spiro atoms. The Kier molecular flexibility index (Phi) is 6.88. The summed E-state index contributed by atoms with van der Waals surface area (Å²) in [6.07, 6.45) is -9.35. The first-order valence-corrected chi connectivity index (χ1v) is 15.7. The van der Waals surface area contributed by atoms with Crippen LogP contribution in [0, 0.1) is 20.4 Å². The highest BCUT2D eigenvalue weighted by Gasteiger charge is 2.36. The van der Waals surface area contributed by atoms with Crippen LogP contribution in [0.5, 0.6) is 0 Å². The number of fused-ring (bicyclic) bond motifs is 6. The third kappa shape index (κ3) is 4.66. The summed E-state index contributed by atoms with van der Waals surface area (Å²) < 4.78 is 90.0. The van der Waals surface area contributed by atoms with E-state index in [1.54, 1.807) is 54.0 Å². The summed E-state index contributed by atoms with van der Waals surface area (Å²) in [5.74, 6) is 0. The molecule has 8 aromatic rings. The summed E-state index contributed by atoms with van der Waals surface area (Å²) in [5.41, 5.74) is 2.18. The Bertz CT molecular complexity index is 2720. The van der Waals surface area contributed by atoms with E-state index in [9.17, 15) is 26.3 Å². The molecule has 0 saturated heterocycles. The molecule has 0 N–H and O–H groups in total. The summed E-state index contributed by atoms with van der Waals surface area (Å²) in [5, 5.41) is 2.89. The maximum absolute atomic E-state index is 14.8. The predicted molar refractivity (Wildman–Crippen MR) is 186 cm³/mol. The van der Waals surface area contributed by atoms with Crippen molar-refractivity contribution in [3.8, 4) is 22.5 Å². The molecule has 0 radical (unpaired) electrons. The average molecular weight is 674 g/mol. The number of rotatable bonds is 3. The Labute approximate surface area is 282 Å². The molecule has 3 nitrogen and oxygen atoms in total. The number of hydrogen-bond donors (Lipinski definition) is 0. The highest BCUT2D eigenvalue weighted by Crippen LogP contribution is 2.49. The Morgan fingerprint density at radius 3 is 1.80 bits per heavy atom. The molecule has 2 heterocycles. The highest BCUT2D eigenvalue weighted by atomic mass is 19.4. The van der Waals surface area contributed by atoms with Crippen LogP contribution in [0.25, 0.3) is 71.0 Å². The van der Waals surface area contributed by atoms with Gasteiger partial charge in [-0.3, -0.25) is 0 Å². The molecule has 0 saturated carbocycles. The highest BCUT2D eigenvalue weighted by molar-refractivity contribution is 6.13. The Morgan fingerprint density at radius 1 is 0.560 bits per heavy atom. The molecule has 2 aromatic heterocycles. The minimum Gasteiger partial charge on any atom is -0.319 e. The van der Waals surface area contributed by atoms with E-state index in [0.29, 0.717) is 32.9 Å². The quantitative estimate of drug-likeness (QED) is 0.131. The van der Waals surface area contributed by atoms with Crippen LogP contribution in [-0.4, -0.2) is 9.13 Å². The number of benzene rings is 6. The summed E-state index contributed by atoms with van der Waals surface area (Å²) in [4.78, 5) is 4.02. The summed E-state index contributed by atoms with van der Waals surface area (Å²) in [7, 11) is 0. The molecule has 246 valence electrons. The molecular formula is C41H25F6N3. The van der Waals surface area contributed by atoms with Crippen LogP contribution in [0.15, 0.2) is 115 Å². The van der Waals surface area contributed by atoms with Crippen LogP contribution in [0.2, 0.25) is 0 Å². The molecule has 0 bridgehead atoms. The summed E-state index contributed by atoms with van der Waals surface area (Å²) in [6, 6.07) is 31.0. The second-order valence-corrected chi connectivity index (χ2v) is 12.4. The fourth-order valence-electron chi connectivity index (χ4n) is 7.28. The molecule has 8 rings (SSSR count). The Balaban J connectivity index is 1.60. The van der Waals surface area contributed by atoms with Crippen molar-refractivity contribution in [2.24, 2.45) is 0 Å². The van der Waals surface area contributed by atoms with Gasteiger partial charge in [0.2, 0.25) is 5.69 Å². The van der Waals surface area contributed by atoms with Gasteiger partial charge in [0.1, 0.15) is 0 Å². The van der Waals surface area contributed by atoms with Crippen LogP contribution >= 0.6 is 0 Å². The average Bonchev–Trinajstić information content (AvgIpc) is 3.58. The van der Waals surface area contributed by atoms with Gasteiger partial charge < -0.3 is 9.13 Å². The van der Waals surface area contributed by atoms with E-state index in [1.165, 1.54) is 12.1 Å². The van der Waals surface area contributed by atoms with Gasteiger partial charge in [-0.2, -0.15) is 26.3 Å². The van der Waals surface area contributed by atoms with Crippen molar-refractivity contribution in [2.45, 2.75) is 26.2 Å². The van der Waals surface area contributed by atoms with E-state index in [0.717, 1.165) is 34.5 Å². The molecule has 0 aliphatic carbocycles.